The van der Waals surface area contributed by atoms with Crippen LogP contribution in [0.3, 0.4) is 0 Å². The van der Waals surface area contributed by atoms with Gasteiger partial charge in [0, 0.05) is 5.92 Å². The molecule has 1 saturated heterocycles. The van der Waals surface area contributed by atoms with Crippen molar-refractivity contribution in [2.24, 2.45) is 5.92 Å². The monoisotopic (exact) mass is 213 g/mol. The molecule has 14 heavy (non-hydrogen) atoms. The lowest BCUT2D eigenvalue weighted by Gasteiger charge is -2.20. The van der Waals surface area contributed by atoms with Crippen LogP contribution in [0.5, 0.6) is 0 Å². The van der Waals surface area contributed by atoms with Gasteiger partial charge in [-0.25, -0.2) is 0 Å². The topological polar surface area (TPSA) is 29.1 Å². The molecule has 4 heteroatoms. The van der Waals surface area contributed by atoms with Gasteiger partial charge < -0.3 is 5.32 Å². The second kappa shape index (κ2) is 4.19. The van der Waals surface area contributed by atoms with Crippen molar-refractivity contribution in [1.29, 1.82) is 0 Å². The van der Waals surface area contributed by atoms with Crippen LogP contribution in [0.2, 0.25) is 0 Å². The Kier molecular flexibility index (Phi) is 2.93. The highest BCUT2D eigenvalue weighted by Crippen LogP contribution is 2.22. The Labute approximate surface area is 86.1 Å². The van der Waals surface area contributed by atoms with Crippen LogP contribution in [0.4, 0.5) is 4.39 Å². The Morgan fingerprint density at radius 2 is 2.14 bits per heavy atom. The van der Waals surface area contributed by atoms with Gasteiger partial charge >= 0.3 is 0 Å². The summed E-state index contributed by atoms with van der Waals surface area (Å²) in [6.45, 7) is 1.79. The van der Waals surface area contributed by atoms with E-state index in [-0.39, 0.29) is 16.8 Å². The maximum absolute atomic E-state index is 12.7. The van der Waals surface area contributed by atoms with E-state index in [1.807, 2.05) is 0 Å². The molecule has 1 aliphatic heterocycles. The fraction of sp³-hybridized carbons (Fsp3) is 0.500. The smallest absolute Gasteiger partial charge is 0.177 e. The molecular weight excluding hydrogens is 201 g/mol. The van der Waals surface area contributed by atoms with Gasteiger partial charge in [0.25, 0.3) is 0 Å². The van der Waals surface area contributed by atoms with Crippen molar-refractivity contribution in [3.63, 3.8) is 0 Å². The summed E-state index contributed by atoms with van der Waals surface area (Å²) in [6.07, 6.45) is 1.75. The molecule has 2 rings (SSSR count). The van der Waals surface area contributed by atoms with Gasteiger partial charge in [-0.1, -0.05) is 0 Å². The molecule has 0 radical (unpaired) electrons. The Hall–Kier alpha value is -0.740. The van der Waals surface area contributed by atoms with Crippen LogP contribution in [0.1, 0.15) is 22.5 Å². The standard InChI is InChI=1S/C10H12FNOS/c11-9-2-1-8(14-9)10(13)7-3-5-12-6-4-7/h1-2,7,12H,3-6H2. The molecule has 0 atom stereocenters. The highest BCUT2D eigenvalue weighted by Gasteiger charge is 2.23. The highest BCUT2D eigenvalue weighted by molar-refractivity contribution is 7.12. The second-order valence-corrected chi connectivity index (χ2v) is 4.53. The molecule has 0 bridgehead atoms. The number of halogens is 1. The average molecular weight is 213 g/mol. The number of Topliss-reactive ketones (excluding diaryl/α,β-unsaturated/α-hetero) is 1. The van der Waals surface area contributed by atoms with Crippen molar-refractivity contribution in [1.82, 2.24) is 5.32 Å². The van der Waals surface area contributed by atoms with E-state index in [4.69, 9.17) is 0 Å². The molecule has 76 valence electrons. The number of hydrogen-bond acceptors (Lipinski definition) is 3. The van der Waals surface area contributed by atoms with Crippen molar-refractivity contribution in [3.05, 3.63) is 22.1 Å². The van der Waals surface area contributed by atoms with E-state index >= 15 is 0 Å². The molecule has 1 fully saturated rings. The molecular formula is C10H12FNOS. The number of carbonyl (C=O) groups is 1. The zero-order chi connectivity index (χ0) is 9.97. The van der Waals surface area contributed by atoms with Crippen LogP contribution in [-0.4, -0.2) is 18.9 Å². The summed E-state index contributed by atoms with van der Waals surface area (Å²) in [6, 6.07) is 2.95. The van der Waals surface area contributed by atoms with Crippen LogP contribution in [0, 0.1) is 11.0 Å². The van der Waals surface area contributed by atoms with E-state index in [0.717, 1.165) is 37.3 Å². The number of ketones is 1. The van der Waals surface area contributed by atoms with E-state index in [1.165, 1.54) is 6.07 Å². The fourth-order valence-electron chi connectivity index (χ4n) is 1.73. The molecule has 1 aliphatic rings. The Bertz CT molecular complexity index is 331. The lowest BCUT2D eigenvalue weighted by Crippen LogP contribution is -2.31. The van der Waals surface area contributed by atoms with Crippen molar-refractivity contribution >= 4 is 17.1 Å². The van der Waals surface area contributed by atoms with Crippen LogP contribution >= 0.6 is 11.3 Å². The molecule has 0 aliphatic carbocycles. The second-order valence-electron chi connectivity index (χ2n) is 3.49. The number of thiophene rings is 1. The summed E-state index contributed by atoms with van der Waals surface area (Å²) in [4.78, 5) is 12.4. The van der Waals surface area contributed by atoms with Crippen LogP contribution < -0.4 is 5.32 Å². The molecule has 0 spiro atoms. The summed E-state index contributed by atoms with van der Waals surface area (Å²) in [5.41, 5.74) is 0. The number of rotatable bonds is 2. The first-order valence-electron chi connectivity index (χ1n) is 4.77. The molecule has 2 heterocycles. The molecule has 2 nitrogen and oxygen atoms in total. The Morgan fingerprint density at radius 1 is 1.43 bits per heavy atom. The molecule has 1 aromatic heterocycles. The first-order chi connectivity index (χ1) is 6.77. The minimum Gasteiger partial charge on any atom is -0.317 e. The third kappa shape index (κ3) is 2.01. The van der Waals surface area contributed by atoms with E-state index in [9.17, 15) is 9.18 Å². The van der Waals surface area contributed by atoms with Crippen LogP contribution in [-0.2, 0) is 0 Å². The third-order valence-corrected chi connectivity index (χ3v) is 3.41. The Morgan fingerprint density at radius 3 is 2.71 bits per heavy atom. The number of piperidine rings is 1. The Balaban J connectivity index is 2.07. The van der Waals surface area contributed by atoms with Crippen LogP contribution in [0.15, 0.2) is 12.1 Å². The van der Waals surface area contributed by atoms with E-state index < -0.39 is 0 Å². The number of carbonyl (C=O) groups excluding carboxylic acids is 1. The predicted octanol–water partition coefficient (Wildman–Crippen LogP) is 2.07. The first-order valence-corrected chi connectivity index (χ1v) is 5.59. The van der Waals surface area contributed by atoms with E-state index in [2.05, 4.69) is 5.32 Å². The van der Waals surface area contributed by atoms with Gasteiger partial charge in [-0.05, 0) is 38.1 Å². The van der Waals surface area contributed by atoms with E-state index in [1.54, 1.807) is 6.07 Å². The van der Waals surface area contributed by atoms with E-state index in [0.29, 0.717) is 4.88 Å². The summed E-state index contributed by atoms with van der Waals surface area (Å²) in [7, 11) is 0. The molecule has 1 N–H and O–H groups in total. The van der Waals surface area contributed by atoms with Crippen molar-refractivity contribution < 1.29 is 9.18 Å². The highest BCUT2D eigenvalue weighted by atomic mass is 32.1. The summed E-state index contributed by atoms with van der Waals surface area (Å²) in [5.74, 6) is 0.203. The lowest BCUT2D eigenvalue weighted by molar-refractivity contribution is 0.0899. The zero-order valence-corrected chi connectivity index (χ0v) is 8.57. The SMILES string of the molecule is O=C(c1ccc(F)s1)C1CCNCC1. The van der Waals surface area contributed by atoms with Gasteiger partial charge in [0.1, 0.15) is 0 Å². The minimum absolute atomic E-state index is 0.0919. The summed E-state index contributed by atoms with van der Waals surface area (Å²) >= 11 is 0.953. The molecule has 0 unspecified atom stereocenters. The maximum Gasteiger partial charge on any atom is 0.177 e. The van der Waals surface area contributed by atoms with Gasteiger partial charge in [-0.3, -0.25) is 4.79 Å². The van der Waals surface area contributed by atoms with Crippen LogP contribution in [0.25, 0.3) is 0 Å². The maximum atomic E-state index is 12.7. The lowest BCUT2D eigenvalue weighted by atomic mass is 9.93. The van der Waals surface area contributed by atoms with Gasteiger partial charge in [-0.15, -0.1) is 11.3 Å². The predicted molar refractivity (Wildman–Crippen MR) is 54.2 cm³/mol. The van der Waals surface area contributed by atoms with Gasteiger partial charge in [0.15, 0.2) is 10.9 Å². The largest absolute Gasteiger partial charge is 0.317 e. The third-order valence-electron chi connectivity index (χ3n) is 2.53. The fourth-order valence-corrected chi connectivity index (χ4v) is 2.48. The average Bonchev–Trinajstić information content (AvgIpc) is 2.65. The van der Waals surface area contributed by atoms with Gasteiger partial charge in [-0.2, -0.15) is 4.39 Å². The van der Waals surface area contributed by atoms with Gasteiger partial charge in [0.2, 0.25) is 0 Å². The zero-order valence-electron chi connectivity index (χ0n) is 7.75. The van der Waals surface area contributed by atoms with Crippen molar-refractivity contribution in [3.8, 4) is 0 Å². The molecule has 0 aromatic carbocycles. The number of nitrogens with one attached hydrogen (secondary N) is 1. The quantitative estimate of drug-likeness (QED) is 0.762. The summed E-state index contributed by atoms with van der Waals surface area (Å²) in [5, 5.41) is 2.93. The molecule has 0 amide bonds. The van der Waals surface area contributed by atoms with Crippen molar-refractivity contribution in [2.45, 2.75) is 12.8 Å². The van der Waals surface area contributed by atoms with Crippen molar-refractivity contribution in [2.75, 3.05) is 13.1 Å². The minimum atomic E-state index is -0.276. The number of hydrogen-bond donors (Lipinski definition) is 1. The normalized spacial score (nSPS) is 18.4. The van der Waals surface area contributed by atoms with Gasteiger partial charge in [0.05, 0.1) is 4.88 Å². The first kappa shape index (κ1) is 9.80. The summed E-state index contributed by atoms with van der Waals surface area (Å²) < 4.78 is 12.7. The molecule has 0 saturated carbocycles. The molecule has 1 aromatic rings.